The number of rotatable bonds is 3. The quantitative estimate of drug-likeness (QED) is 0.259. The predicted octanol–water partition coefficient (Wildman–Crippen LogP) is 6.90. The molecule has 0 aliphatic carbocycles. The van der Waals surface area contributed by atoms with Gasteiger partial charge in [-0.1, -0.05) is 84.0 Å². The van der Waals surface area contributed by atoms with Gasteiger partial charge in [0.1, 0.15) is 0 Å². The number of phenolic OH excluding ortho intramolecular Hbond substituents is 4. The molecule has 0 aromatic heterocycles. The Morgan fingerprint density at radius 1 is 0.576 bits per heavy atom. The molecule has 0 bridgehead atoms. The number of hydrogen-bond acceptors (Lipinski definition) is 4. The van der Waals surface area contributed by atoms with E-state index in [4.69, 9.17) is 0 Å². The van der Waals surface area contributed by atoms with Crippen LogP contribution in [0, 0.1) is 13.8 Å². The Kier molecular flexibility index (Phi) is 6.18. The smallest absolute Gasteiger partial charge is 0.161 e. The van der Waals surface area contributed by atoms with Crippen LogP contribution < -0.4 is 0 Å². The van der Waals surface area contributed by atoms with Crippen LogP contribution in [0.1, 0.15) is 86.4 Å². The summed E-state index contributed by atoms with van der Waals surface area (Å²) in [7, 11) is 0. The van der Waals surface area contributed by atoms with E-state index in [2.05, 4.69) is 0 Å². The molecule has 0 saturated heterocycles. The average Bonchev–Trinajstić information content (AvgIpc) is 2.69. The van der Waals surface area contributed by atoms with Crippen molar-refractivity contribution < 1.29 is 20.4 Å². The summed E-state index contributed by atoms with van der Waals surface area (Å²) in [6, 6.07) is 13.8. The lowest BCUT2D eigenvalue weighted by atomic mass is 9.70. The summed E-state index contributed by atoms with van der Waals surface area (Å²) in [5, 5.41) is 43.3. The maximum absolute atomic E-state index is 11.1. The molecule has 3 rings (SSSR count). The molecule has 0 atom stereocenters. The summed E-state index contributed by atoms with van der Waals surface area (Å²) in [5.41, 5.74) is 4.24. The van der Waals surface area contributed by atoms with Gasteiger partial charge < -0.3 is 20.4 Å². The van der Waals surface area contributed by atoms with Gasteiger partial charge in [0.25, 0.3) is 0 Å². The third-order valence-corrected chi connectivity index (χ3v) is 6.25. The lowest BCUT2D eigenvalue weighted by Crippen LogP contribution is -2.22. The van der Waals surface area contributed by atoms with Crippen molar-refractivity contribution in [3.63, 3.8) is 0 Å². The van der Waals surface area contributed by atoms with Crippen LogP contribution in [0.2, 0.25) is 0 Å². The largest absolute Gasteiger partial charge is 0.504 e. The number of hydrogen-bond donors (Lipinski definition) is 4. The molecule has 4 N–H and O–H groups in total. The Balaban J connectivity index is 2.56. The zero-order chi connectivity index (χ0) is 24.9. The van der Waals surface area contributed by atoms with Gasteiger partial charge in [0.15, 0.2) is 23.0 Å². The van der Waals surface area contributed by atoms with Crippen molar-refractivity contribution in [3.05, 3.63) is 81.4 Å². The van der Waals surface area contributed by atoms with Gasteiger partial charge in [-0.05, 0) is 52.5 Å². The van der Waals surface area contributed by atoms with Crippen molar-refractivity contribution >= 4 is 0 Å². The zero-order valence-electron chi connectivity index (χ0n) is 20.9. The molecule has 0 aliphatic heterocycles. The van der Waals surface area contributed by atoms with E-state index in [0.29, 0.717) is 22.3 Å². The van der Waals surface area contributed by atoms with Crippen LogP contribution in [-0.2, 0) is 10.8 Å². The Morgan fingerprint density at radius 3 is 1.27 bits per heavy atom. The van der Waals surface area contributed by atoms with Gasteiger partial charge in [-0.2, -0.15) is 0 Å². The van der Waals surface area contributed by atoms with Gasteiger partial charge in [-0.3, -0.25) is 0 Å². The van der Waals surface area contributed by atoms with Crippen molar-refractivity contribution in [1.29, 1.82) is 0 Å². The van der Waals surface area contributed by atoms with Gasteiger partial charge in [0.05, 0.1) is 0 Å². The molecule has 3 aromatic rings. The van der Waals surface area contributed by atoms with E-state index in [9.17, 15) is 20.4 Å². The molecule has 0 aliphatic rings. The SMILES string of the molecule is Cc1cc(C(c2ccccc2)c2cc(C)c(O)c(O)c2C(C)(C)C)c(C(C)(C)C)c(O)c1O. The van der Waals surface area contributed by atoms with Crippen LogP contribution in [-0.4, -0.2) is 20.4 Å². The Morgan fingerprint density at radius 2 is 0.939 bits per heavy atom. The van der Waals surface area contributed by atoms with Gasteiger partial charge in [0.2, 0.25) is 0 Å². The molecule has 0 radical (unpaired) electrons. The summed E-state index contributed by atoms with van der Waals surface area (Å²) in [6.07, 6.45) is 0. The number of aryl methyl sites for hydroxylation is 2. The summed E-state index contributed by atoms with van der Waals surface area (Å²) in [6.45, 7) is 15.6. The third-order valence-electron chi connectivity index (χ3n) is 6.25. The second-order valence-electron chi connectivity index (χ2n) is 11.1. The lowest BCUT2D eigenvalue weighted by Gasteiger charge is -2.34. The molecular weight excluding hydrogens is 412 g/mol. The predicted molar refractivity (Wildman–Crippen MR) is 134 cm³/mol. The van der Waals surface area contributed by atoms with Crippen LogP contribution in [0.3, 0.4) is 0 Å². The molecular formula is C29H36O4. The first-order chi connectivity index (χ1) is 15.2. The highest BCUT2D eigenvalue weighted by Crippen LogP contribution is 2.51. The highest BCUT2D eigenvalue weighted by Gasteiger charge is 2.35. The molecule has 0 fully saturated rings. The summed E-state index contributed by atoms with van der Waals surface area (Å²) in [5.74, 6) is -0.802. The first kappa shape index (κ1) is 24.5. The second kappa shape index (κ2) is 8.33. The van der Waals surface area contributed by atoms with Crippen molar-refractivity contribution in [3.8, 4) is 23.0 Å². The number of phenols is 4. The average molecular weight is 449 g/mol. The molecule has 0 spiro atoms. The molecule has 0 unspecified atom stereocenters. The van der Waals surface area contributed by atoms with E-state index in [1.54, 1.807) is 13.8 Å². The summed E-state index contributed by atoms with van der Waals surface area (Å²) >= 11 is 0. The van der Waals surface area contributed by atoms with E-state index in [1.165, 1.54) is 0 Å². The molecule has 3 aromatic carbocycles. The maximum Gasteiger partial charge on any atom is 0.161 e. The minimum atomic E-state index is -0.465. The fourth-order valence-electron chi connectivity index (χ4n) is 4.84. The normalized spacial score (nSPS) is 12.4. The molecule has 0 amide bonds. The van der Waals surface area contributed by atoms with E-state index >= 15 is 0 Å². The van der Waals surface area contributed by atoms with E-state index < -0.39 is 10.8 Å². The standard InChI is InChI=1S/C29H36O4/c1-16-14-19(22(28(3,4)5)26(32)24(16)30)21(18-12-10-9-11-13-18)20-15-17(2)25(31)27(33)23(20)29(6,7)8/h9-15,21,30-33H,1-8H3. The topological polar surface area (TPSA) is 80.9 Å². The molecule has 33 heavy (non-hydrogen) atoms. The fraction of sp³-hybridized carbons (Fsp3) is 0.379. The highest BCUT2D eigenvalue weighted by molar-refractivity contribution is 5.65. The van der Waals surface area contributed by atoms with Gasteiger partial charge >= 0.3 is 0 Å². The Hall–Kier alpha value is -3.14. The minimum absolute atomic E-state index is 0.115. The number of benzene rings is 3. The first-order valence-electron chi connectivity index (χ1n) is 11.3. The van der Waals surface area contributed by atoms with Gasteiger partial charge in [-0.25, -0.2) is 0 Å². The fourth-order valence-corrected chi connectivity index (χ4v) is 4.84. The third kappa shape index (κ3) is 4.39. The van der Waals surface area contributed by atoms with E-state index in [-0.39, 0.29) is 28.9 Å². The van der Waals surface area contributed by atoms with E-state index in [1.807, 2.05) is 84.0 Å². The van der Waals surface area contributed by atoms with Gasteiger partial charge in [0, 0.05) is 17.0 Å². The maximum atomic E-state index is 11.1. The van der Waals surface area contributed by atoms with Crippen LogP contribution in [0.5, 0.6) is 23.0 Å². The second-order valence-corrected chi connectivity index (χ2v) is 11.1. The molecule has 4 heteroatoms. The first-order valence-corrected chi connectivity index (χ1v) is 11.3. The Labute approximate surface area is 197 Å². The van der Waals surface area contributed by atoms with Crippen molar-refractivity contribution in [2.24, 2.45) is 0 Å². The Bertz CT molecular complexity index is 1100. The van der Waals surface area contributed by atoms with Crippen LogP contribution in [0.15, 0.2) is 42.5 Å². The minimum Gasteiger partial charge on any atom is -0.504 e. The van der Waals surface area contributed by atoms with Crippen LogP contribution in [0.25, 0.3) is 0 Å². The monoisotopic (exact) mass is 448 g/mol. The van der Waals surface area contributed by atoms with Crippen molar-refractivity contribution in [2.45, 2.75) is 72.1 Å². The van der Waals surface area contributed by atoms with Crippen LogP contribution >= 0.6 is 0 Å². The lowest BCUT2D eigenvalue weighted by molar-refractivity contribution is 0.382. The van der Waals surface area contributed by atoms with Gasteiger partial charge in [-0.15, -0.1) is 0 Å². The molecule has 176 valence electrons. The summed E-state index contributed by atoms with van der Waals surface area (Å²) in [4.78, 5) is 0. The molecule has 4 nitrogen and oxygen atoms in total. The molecule has 0 saturated carbocycles. The zero-order valence-corrected chi connectivity index (χ0v) is 20.9. The molecule has 0 heterocycles. The summed E-state index contributed by atoms with van der Waals surface area (Å²) < 4.78 is 0. The van der Waals surface area contributed by atoms with E-state index in [0.717, 1.165) is 16.7 Å². The van der Waals surface area contributed by atoms with Crippen molar-refractivity contribution in [1.82, 2.24) is 0 Å². The highest BCUT2D eigenvalue weighted by atomic mass is 16.3. The number of aromatic hydroxyl groups is 4. The van der Waals surface area contributed by atoms with Crippen molar-refractivity contribution in [2.75, 3.05) is 0 Å². The van der Waals surface area contributed by atoms with Crippen LogP contribution in [0.4, 0.5) is 0 Å².